The first kappa shape index (κ1) is 32.0. The lowest BCUT2D eigenvalue weighted by Crippen LogP contribution is -2.48. The zero-order chi connectivity index (χ0) is 28.8. The molecule has 0 radical (unpaired) electrons. The van der Waals surface area contributed by atoms with Gasteiger partial charge in [-0.1, -0.05) is 38.0 Å². The fourth-order valence-corrected chi connectivity index (χ4v) is 5.45. The largest absolute Gasteiger partial charge is 0.364 e. The molecule has 1 aromatic heterocycles. The van der Waals surface area contributed by atoms with Gasteiger partial charge in [-0.05, 0) is 48.2 Å². The van der Waals surface area contributed by atoms with Crippen molar-refractivity contribution in [2.75, 3.05) is 31.6 Å². The second-order valence-electron chi connectivity index (χ2n) is 9.97. The Bertz CT molecular complexity index is 1400. The Kier molecular flexibility index (Phi) is 11.2. The Morgan fingerprint density at radius 2 is 1.85 bits per heavy atom. The number of nitrogens with one attached hydrogen (secondary N) is 1. The normalized spacial score (nSPS) is 12.4. The number of aryl methyl sites for hydroxylation is 1. The van der Waals surface area contributed by atoms with Crippen molar-refractivity contribution in [2.24, 2.45) is 5.73 Å². The number of amides is 3. The molecule has 220 valence electrons. The van der Waals surface area contributed by atoms with E-state index >= 15 is 0 Å². The number of hydrogen-bond donors (Lipinski definition) is 2. The Labute approximate surface area is 249 Å². The van der Waals surface area contributed by atoms with Crippen LogP contribution in [0, 0.1) is 12.7 Å². The molecule has 1 aliphatic rings. The second kappa shape index (κ2) is 14.4. The highest BCUT2D eigenvalue weighted by Crippen LogP contribution is 2.31. The third-order valence-corrected chi connectivity index (χ3v) is 7.87. The van der Waals surface area contributed by atoms with Crippen LogP contribution in [0.2, 0.25) is 0 Å². The number of primary amides is 1. The predicted octanol–water partition coefficient (Wildman–Crippen LogP) is 4.28. The van der Waals surface area contributed by atoms with E-state index in [2.05, 4.69) is 17.2 Å². The first-order valence-corrected chi connectivity index (χ1v) is 14.2. The van der Waals surface area contributed by atoms with Gasteiger partial charge in [0.2, 0.25) is 5.91 Å². The topological polar surface area (TPSA) is 112 Å². The van der Waals surface area contributed by atoms with Crippen LogP contribution in [0.25, 0.3) is 10.6 Å². The van der Waals surface area contributed by atoms with Crippen LogP contribution in [0.4, 0.5) is 10.1 Å². The fourth-order valence-electron chi connectivity index (χ4n) is 4.64. The minimum absolute atomic E-state index is 0. The quantitative estimate of drug-likeness (QED) is 0.299. The predicted molar refractivity (Wildman–Crippen MR) is 161 cm³/mol. The van der Waals surface area contributed by atoms with Crippen LogP contribution in [0.5, 0.6) is 0 Å². The molecule has 0 atom stereocenters. The first-order chi connectivity index (χ1) is 19.2. The minimum Gasteiger partial charge on any atom is -0.364 e. The van der Waals surface area contributed by atoms with Crippen LogP contribution in [0.1, 0.15) is 53.4 Å². The van der Waals surface area contributed by atoms with Crippen molar-refractivity contribution in [3.8, 4) is 10.6 Å². The molecule has 0 unspecified atom stereocenters. The van der Waals surface area contributed by atoms with Crippen molar-refractivity contribution in [1.29, 1.82) is 0 Å². The monoisotopic (exact) mass is 602 g/mol. The van der Waals surface area contributed by atoms with Gasteiger partial charge in [-0.25, -0.2) is 14.4 Å². The summed E-state index contributed by atoms with van der Waals surface area (Å²) in [6.45, 7) is 5.46. The Morgan fingerprint density at radius 3 is 2.56 bits per heavy atom. The molecule has 1 aliphatic heterocycles. The van der Waals surface area contributed by atoms with E-state index in [4.69, 9.17) is 5.73 Å². The second-order valence-corrected chi connectivity index (χ2v) is 10.8. The highest BCUT2D eigenvalue weighted by Gasteiger charge is 2.27. The third-order valence-electron chi connectivity index (χ3n) is 6.98. The third kappa shape index (κ3) is 8.02. The highest BCUT2D eigenvalue weighted by molar-refractivity contribution is 7.13. The number of hydrogen-bond acceptors (Lipinski definition) is 7. The number of aromatic nitrogens is 1. The van der Waals surface area contributed by atoms with E-state index < -0.39 is 5.91 Å². The summed E-state index contributed by atoms with van der Waals surface area (Å²) >= 11 is 1.30. The van der Waals surface area contributed by atoms with E-state index in [1.165, 1.54) is 23.5 Å². The highest BCUT2D eigenvalue weighted by atomic mass is 35.5. The molecule has 9 nitrogen and oxygen atoms in total. The number of likely N-dealkylation sites (N-methyl/N-ethyl adjacent to an activating group) is 1. The lowest BCUT2D eigenvalue weighted by Gasteiger charge is -2.32. The van der Waals surface area contributed by atoms with Crippen molar-refractivity contribution in [1.82, 2.24) is 20.3 Å². The van der Waals surface area contributed by atoms with Gasteiger partial charge in [0.15, 0.2) is 0 Å². The maximum absolute atomic E-state index is 13.7. The molecule has 3 aromatic rings. The molecular weight excluding hydrogens is 567 g/mol. The summed E-state index contributed by atoms with van der Waals surface area (Å²) in [5, 5.41) is 8.59. The number of rotatable bonds is 12. The zero-order valence-electron chi connectivity index (χ0n) is 23.5. The summed E-state index contributed by atoms with van der Waals surface area (Å²) in [7, 11) is 1.69. The molecule has 12 heteroatoms. The van der Waals surface area contributed by atoms with Gasteiger partial charge in [0.1, 0.15) is 16.5 Å². The number of thiazole rings is 1. The lowest BCUT2D eigenvalue weighted by atomic mass is 10.1. The van der Waals surface area contributed by atoms with Crippen molar-refractivity contribution in [2.45, 2.75) is 46.2 Å². The molecule has 3 amide bonds. The number of fused-ring (bicyclic) bond motifs is 1. The van der Waals surface area contributed by atoms with E-state index in [-0.39, 0.29) is 48.8 Å². The van der Waals surface area contributed by atoms with Crippen LogP contribution in [0.15, 0.2) is 41.8 Å². The lowest BCUT2D eigenvalue weighted by molar-refractivity contribution is -0.145. The summed E-state index contributed by atoms with van der Waals surface area (Å²) in [6.07, 6.45) is 2.97. The van der Waals surface area contributed by atoms with E-state index in [0.29, 0.717) is 30.3 Å². The van der Waals surface area contributed by atoms with Crippen LogP contribution >= 0.6 is 23.7 Å². The molecule has 2 heterocycles. The van der Waals surface area contributed by atoms with E-state index in [0.717, 1.165) is 41.5 Å². The number of nitrogens with two attached hydrogens (primary N) is 1. The van der Waals surface area contributed by atoms with E-state index in [1.807, 2.05) is 30.1 Å². The number of carbonyl (C=O) groups is 3. The van der Waals surface area contributed by atoms with Gasteiger partial charge >= 0.3 is 0 Å². The Balaban J connectivity index is 0.00000462. The van der Waals surface area contributed by atoms with Crippen LogP contribution in [-0.4, -0.2) is 59.4 Å². The average Bonchev–Trinajstić information content (AvgIpc) is 3.58. The smallest absolute Gasteiger partial charge is 0.268 e. The standard InChI is InChI=1S/C29H35FN6O3S.ClH/c1-4-5-6-11-32-26(37)16-35(17-27(38)34(3)36-14-21-9-10-23(30)12-22(21)15-36)25-13-20(8-7-19(25)2)29-33-24(18-40-29)28(31)39;/h7-10,12-13,18H,4-6,11,14-17H2,1-3H3,(H2,31,39)(H,32,37);1H. The molecule has 0 fully saturated rings. The maximum atomic E-state index is 13.7. The summed E-state index contributed by atoms with van der Waals surface area (Å²) in [6, 6.07) is 10.3. The van der Waals surface area contributed by atoms with Crippen LogP contribution in [0.3, 0.4) is 0 Å². The molecule has 3 N–H and O–H groups in total. The summed E-state index contributed by atoms with van der Waals surface area (Å²) in [4.78, 5) is 44.1. The molecule has 4 rings (SSSR count). The SMILES string of the molecule is CCCCCNC(=O)CN(CC(=O)N(C)N1Cc2ccc(F)cc2C1)c1cc(-c2nc(C(N)=O)cs2)ccc1C.Cl. The number of halogens is 2. The minimum atomic E-state index is -0.600. The number of nitrogens with zero attached hydrogens (tertiary/aromatic N) is 4. The molecule has 0 saturated carbocycles. The molecule has 0 saturated heterocycles. The van der Waals surface area contributed by atoms with E-state index in [9.17, 15) is 18.8 Å². The summed E-state index contributed by atoms with van der Waals surface area (Å²) in [5.41, 5.74) is 9.75. The molecule has 0 bridgehead atoms. The molecule has 2 aromatic carbocycles. The van der Waals surface area contributed by atoms with E-state index in [1.54, 1.807) is 28.4 Å². The van der Waals surface area contributed by atoms with Crippen molar-refractivity contribution in [3.05, 3.63) is 70.0 Å². The van der Waals surface area contributed by atoms with Crippen molar-refractivity contribution < 1.29 is 18.8 Å². The van der Waals surface area contributed by atoms with Crippen LogP contribution in [-0.2, 0) is 22.7 Å². The average molecular weight is 603 g/mol. The van der Waals surface area contributed by atoms with Crippen LogP contribution < -0.4 is 16.0 Å². The van der Waals surface area contributed by atoms with Gasteiger partial charge < -0.3 is 16.0 Å². The number of hydrazine groups is 1. The molecule has 41 heavy (non-hydrogen) atoms. The molecular formula is C29H36ClFN6O3S. The van der Waals surface area contributed by atoms with Crippen molar-refractivity contribution in [3.63, 3.8) is 0 Å². The summed E-state index contributed by atoms with van der Waals surface area (Å²) in [5.74, 6) is -1.28. The van der Waals surface area contributed by atoms with Gasteiger partial charge in [0.25, 0.3) is 11.8 Å². The maximum Gasteiger partial charge on any atom is 0.268 e. The first-order valence-electron chi connectivity index (χ1n) is 13.3. The fraction of sp³-hybridized carbons (Fsp3) is 0.379. The molecule has 0 spiro atoms. The zero-order valence-corrected chi connectivity index (χ0v) is 25.1. The van der Waals surface area contributed by atoms with Gasteiger partial charge in [-0.2, -0.15) is 0 Å². The molecule has 0 aliphatic carbocycles. The van der Waals surface area contributed by atoms with Gasteiger partial charge in [0, 0.05) is 43.3 Å². The number of unbranched alkanes of at least 4 members (excludes halogenated alkanes) is 2. The Morgan fingerprint density at radius 1 is 1.10 bits per heavy atom. The van der Waals surface area contributed by atoms with Gasteiger partial charge in [-0.3, -0.25) is 19.4 Å². The van der Waals surface area contributed by atoms with Gasteiger partial charge in [-0.15, -0.1) is 23.7 Å². The number of anilines is 1. The van der Waals surface area contributed by atoms with Gasteiger partial charge in [0.05, 0.1) is 13.1 Å². The Hall–Kier alpha value is -3.54. The summed E-state index contributed by atoms with van der Waals surface area (Å²) < 4.78 is 13.7. The van der Waals surface area contributed by atoms with Crippen molar-refractivity contribution >= 4 is 47.2 Å². The number of benzene rings is 2. The number of carbonyl (C=O) groups excluding carboxylic acids is 3.